The zero-order valence-corrected chi connectivity index (χ0v) is 10.9. The smallest absolute Gasteiger partial charge is 0.326 e. The molecule has 104 valence electrons. The first-order valence-electron chi connectivity index (χ1n) is 6.44. The molecule has 1 fully saturated rings. The zero-order valence-electron chi connectivity index (χ0n) is 10.9. The van der Waals surface area contributed by atoms with Gasteiger partial charge in [0.2, 0.25) is 0 Å². The lowest BCUT2D eigenvalue weighted by atomic mass is 10.2. The van der Waals surface area contributed by atoms with Crippen LogP contribution in [0.3, 0.4) is 0 Å². The van der Waals surface area contributed by atoms with Crippen molar-refractivity contribution < 1.29 is 19.1 Å². The number of carbonyl (C=O) groups is 2. The van der Waals surface area contributed by atoms with Gasteiger partial charge in [0.25, 0.3) is 0 Å². The Morgan fingerprint density at radius 3 is 2.95 bits per heavy atom. The van der Waals surface area contributed by atoms with Gasteiger partial charge >= 0.3 is 12.0 Å². The maximum Gasteiger partial charge on any atom is 0.326 e. The second-order valence-corrected chi connectivity index (χ2v) is 4.57. The fraction of sp³-hybridized carbons (Fsp3) is 0.538. The highest BCUT2D eigenvalue weighted by atomic mass is 16.4. The van der Waals surface area contributed by atoms with E-state index < -0.39 is 12.0 Å². The minimum absolute atomic E-state index is 0.233. The maximum atomic E-state index is 12.4. The second-order valence-electron chi connectivity index (χ2n) is 4.57. The largest absolute Gasteiger partial charge is 0.480 e. The lowest BCUT2D eigenvalue weighted by Gasteiger charge is -2.29. The summed E-state index contributed by atoms with van der Waals surface area (Å²) in [5, 5.41) is 9.11. The highest BCUT2D eigenvalue weighted by molar-refractivity contribution is 5.83. The van der Waals surface area contributed by atoms with Gasteiger partial charge in [-0.3, -0.25) is 0 Å². The highest BCUT2D eigenvalue weighted by Crippen LogP contribution is 2.20. The monoisotopic (exact) mass is 266 g/mol. The molecule has 0 spiro atoms. The van der Waals surface area contributed by atoms with E-state index >= 15 is 0 Å². The minimum Gasteiger partial charge on any atom is -0.480 e. The predicted molar refractivity (Wildman–Crippen MR) is 67.6 cm³/mol. The van der Waals surface area contributed by atoms with E-state index in [-0.39, 0.29) is 6.03 Å². The first kappa shape index (κ1) is 13.5. The molecule has 0 aliphatic carbocycles. The van der Waals surface area contributed by atoms with Crippen LogP contribution < -0.4 is 0 Å². The molecule has 0 saturated carbocycles. The molecule has 19 heavy (non-hydrogen) atoms. The summed E-state index contributed by atoms with van der Waals surface area (Å²) in [4.78, 5) is 26.5. The topological polar surface area (TPSA) is 74.0 Å². The molecule has 2 amide bonds. The van der Waals surface area contributed by atoms with E-state index in [0.717, 1.165) is 6.42 Å². The fourth-order valence-electron chi connectivity index (χ4n) is 2.34. The summed E-state index contributed by atoms with van der Waals surface area (Å²) in [6, 6.07) is 2.64. The Kier molecular flexibility index (Phi) is 4.09. The van der Waals surface area contributed by atoms with Crippen LogP contribution in [0.5, 0.6) is 0 Å². The molecule has 1 aliphatic rings. The van der Waals surface area contributed by atoms with Crippen LogP contribution in [0.1, 0.15) is 25.5 Å². The summed E-state index contributed by atoms with van der Waals surface area (Å²) < 4.78 is 5.22. The number of furan rings is 1. The quantitative estimate of drug-likeness (QED) is 0.901. The van der Waals surface area contributed by atoms with Crippen molar-refractivity contribution in [1.82, 2.24) is 9.80 Å². The molecule has 1 aromatic rings. The number of aliphatic carboxylic acids is 1. The molecule has 1 N–H and O–H groups in total. The van der Waals surface area contributed by atoms with Crippen LogP contribution in [0.25, 0.3) is 0 Å². The van der Waals surface area contributed by atoms with Crippen molar-refractivity contribution in [2.75, 3.05) is 13.1 Å². The van der Waals surface area contributed by atoms with E-state index in [1.165, 1.54) is 4.90 Å². The van der Waals surface area contributed by atoms with Crippen molar-refractivity contribution in [3.63, 3.8) is 0 Å². The first-order chi connectivity index (χ1) is 9.13. The average Bonchev–Trinajstić information content (AvgIpc) is 3.05. The second kappa shape index (κ2) is 5.77. The Labute approximate surface area is 111 Å². The van der Waals surface area contributed by atoms with Gasteiger partial charge in [-0.05, 0) is 31.9 Å². The van der Waals surface area contributed by atoms with Crippen LogP contribution in [0.15, 0.2) is 22.8 Å². The Balaban J connectivity index is 2.05. The molecular formula is C13H18N2O4. The number of carboxylic acids is 1. The van der Waals surface area contributed by atoms with Crippen molar-refractivity contribution in [3.8, 4) is 0 Å². The van der Waals surface area contributed by atoms with Gasteiger partial charge in [0, 0.05) is 13.1 Å². The molecule has 0 radical (unpaired) electrons. The van der Waals surface area contributed by atoms with Gasteiger partial charge in [-0.1, -0.05) is 0 Å². The standard InChI is InChI=1S/C13H18N2O4/c1-2-14(9-10-5-4-8-19-10)13(18)15-7-3-6-11(15)12(16)17/h4-5,8,11H,2-3,6-7,9H2,1H3,(H,16,17)/t11-/m0/s1. The first-order valence-corrected chi connectivity index (χ1v) is 6.44. The lowest BCUT2D eigenvalue weighted by Crippen LogP contribution is -2.47. The SMILES string of the molecule is CCN(Cc1ccco1)C(=O)N1CCC[C@H]1C(=O)O. The van der Waals surface area contributed by atoms with Gasteiger partial charge < -0.3 is 19.3 Å². The molecule has 0 aromatic carbocycles. The number of carboxylic acid groups (broad SMARTS) is 1. The van der Waals surface area contributed by atoms with Gasteiger partial charge in [-0.2, -0.15) is 0 Å². The summed E-state index contributed by atoms with van der Waals surface area (Å²) in [5.41, 5.74) is 0. The molecule has 6 heteroatoms. The Bertz CT molecular complexity index is 444. The molecule has 2 rings (SSSR count). The normalized spacial score (nSPS) is 18.6. The number of rotatable bonds is 4. The molecule has 1 aliphatic heterocycles. The van der Waals surface area contributed by atoms with Crippen molar-refractivity contribution in [2.24, 2.45) is 0 Å². The summed E-state index contributed by atoms with van der Waals surface area (Å²) >= 11 is 0. The van der Waals surface area contributed by atoms with E-state index in [1.807, 2.05) is 6.92 Å². The predicted octanol–water partition coefficient (Wildman–Crippen LogP) is 1.77. The molecular weight excluding hydrogens is 248 g/mol. The van der Waals surface area contributed by atoms with Crippen LogP contribution in [0.4, 0.5) is 4.79 Å². The third-order valence-corrected chi connectivity index (χ3v) is 3.36. The number of likely N-dealkylation sites (tertiary alicyclic amines) is 1. The van der Waals surface area contributed by atoms with Crippen LogP contribution in [0.2, 0.25) is 0 Å². The molecule has 2 heterocycles. The number of amides is 2. The summed E-state index contributed by atoms with van der Waals surface area (Å²) in [6.07, 6.45) is 2.82. The van der Waals surface area contributed by atoms with Gasteiger partial charge in [0.05, 0.1) is 12.8 Å². The van der Waals surface area contributed by atoms with E-state index in [0.29, 0.717) is 31.8 Å². The third kappa shape index (κ3) is 2.89. The zero-order chi connectivity index (χ0) is 13.8. The fourth-order valence-corrected chi connectivity index (χ4v) is 2.34. The Morgan fingerprint density at radius 1 is 1.58 bits per heavy atom. The number of carbonyl (C=O) groups excluding carboxylic acids is 1. The number of hydrogen-bond acceptors (Lipinski definition) is 3. The number of urea groups is 1. The van der Waals surface area contributed by atoms with Crippen molar-refractivity contribution >= 4 is 12.0 Å². The van der Waals surface area contributed by atoms with Crippen molar-refractivity contribution in [2.45, 2.75) is 32.4 Å². The minimum atomic E-state index is -0.931. The van der Waals surface area contributed by atoms with E-state index in [2.05, 4.69) is 0 Å². The van der Waals surface area contributed by atoms with Gasteiger partial charge in [0.1, 0.15) is 11.8 Å². The Hall–Kier alpha value is -1.98. The van der Waals surface area contributed by atoms with E-state index in [9.17, 15) is 9.59 Å². The molecule has 1 aromatic heterocycles. The van der Waals surface area contributed by atoms with Crippen molar-refractivity contribution in [3.05, 3.63) is 24.2 Å². The Morgan fingerprint density at radius 2 is 2.37 bits per heavy atom. The maximum absolute atomic E-state index is 12.4. The van der Waals surface area contributed by atoms with Crippen LogP contribution >= 0.6 is 0 Å². The average molecular weight is 266 g/mol. The van der Waals surface area contributed by atoms with Gasteiger partial charge in [-0.25, -0.2) is 9.59 Å². The molecule has 1 atom stereocenters. The van der Waals surface area contributed by atoms with Gasteiger partial charge in [-0.15, -0.1) is 0 Å². The number of nitrogens with zero attached hydrogens (tertiary/aromatic N) is 2. The van der Waals surface area contributed by atoms with E-state index in [4.69, 9.17) is 9.52 Å². The molecule has 6 nitrogen and oxygen atoms in total. The molecule has 0 unspecified atom stereocenters. The van der Waals surface area contributed by atoms with Gasteiger partial charge in [0.15, 0.2) is 0 Å². The number of hydrogen-bond donors (Lipinski definition) is 1. The highest BCUT2D eigenvalue weighted by Gasteiger charge is 2.35. The third-order valence-electron chi connectivity index (χ3n) is 3.36. The van der Waals surface area contributed by atoms with Crippen LogP contribution in [0, 0.1) is 0 Å². The molecule has 0 bridgehead atoms. The molecule has 1 saturated heterocycles. The van der Waals surface area contributed by atoms with Crippen molar-refractivity contribution in [1.29, 1.82) is 0 Å². The summed E-state index contributed by atoms with van der Waals surface area (Å²) in [7, 11) is 0. The summed E-state index contributed by atoms with van der Waals surface area (Å²) in [5.74, 6) is -0.235. The summed E-state index contributed by atoms with van der Waals surface area (Å²) in [6.45, 7) is 3.25. The van der Waals surface area contributed by atoms with Crippen LogP contribution in [-0.4, -0.2) is 46.0 Å². The van der Waals surface area contributed by atoms with E-state index in [1.54, 1.807) is 23.3 Å². The van der Waals surface area contributed by atoms with Crippen LogP contribution in [-0.2, 0) is 11.3 Å². The lowest BCUT2D eigenvalue weighted by molar-refractivity contribution is -0.141.